The first-order valence-corrected chi connectivity index (χ1v) is 16.0. The number of benzene rings is 2. The van der Waals surface area contributed by atoms with Crippen molar-refractivity contribution in [2.24, 2.45) is 0 Å². The largest absolute Gasteiger partial charge is 0.444 e. The first kappa shape index (κ1) is 27.8. The number of rotatable bonds is 7. The lowest BCUT2D eigenvalue weighted by Crippen LogP contribution is -2.67. The Bertz CT molecular complexity index is 1250. The molecule has 2 saturated heterocycles. The minimum atomic E-state index is -2.81. The first-order chi connectivity index (χ1) is 18.7. The molecule has 206 valence electrons. The first-order valence-electron chi connectivity index (χ1n) is 13.3. The maximum Gasteiger partial charge on any atom is 0.416 e. The topological polar surface area (TPSA) is 77.0 Å². The van der Waals surface area contributed by atoms with Crippen molar-refractivity contribution in [3.63, 3.8) is 0 Å². The molecule has 10 heteroatoms. The smallest absolute Gasteiger partial charge is 0.416 e. The van der Waals surface area contributed by atoms with E-state index in [0.717, 1.165) is 0 Å². The van der Waals surface area contributed by atoms with Crippen molar-refractivity contribution in [3.8, 4) is 0 Å². The van der Waals surface area contributed by atoms with Crippen molar-refractivity contribution in [3.05, 3.63) is 71.3 Å². The van der Waals surface area contributed by atoms with Crippen LogP contribution in [0.5, 0.6) is 0 Å². The summed E-state index contributed by atoms with van der Waals surface area (Å²) in [6, 6.07) is 22.4. The summed E-state index contributed by atoms with van der Waals surface area (Å²) in [5.41, 5.74) is 0. The summed E-state index contributed by atoms with van der Waals surface area (Å²) in [5.74, 6) is 1.05. The van der Waals surface area contributed by atoms with Gasteiger partial charge < -0.3 is 18.8 Å². The molecule has 2 atom stereocenters. The second-order valence-corrected chi connectivity index (χ2v) is 16.1. The van der Waals surface area contributed by atoms with E-state index in [1.807, 2.05) is 19.1 Å². The molecular formula is C29H35BrN4O4Si. The van der Waals surface area contributed by atoms with Gasteiger partial charge in [-0.15, -0.1) is 0 Å². The molecule has 0 radical (unpaired) electrons. The van der Waals surface area contributed by atoms with Crippen LogP contribution >= 0.6 is 15.9 Å². The minimum Gasteiger partial charge on any atom is -0.444 e. The maximum atomic E-state index is 13.2. The van der Waals surface area contributed by atoms with Gasteiger partial charge in [0.1, 0.15) is 22.6 Å². The number of aromatic nitrogens is 2. The fourth-order valence-electron chi connectivity index (χ4n) is 5.51. The molecular weight excluding hydrogens is 576 g/mol. The SMILES string of the molecule is C[C@H]1OC(=O)N(c2cc(Br)nc(N3CCOCC3)n2)[C@H]1CO[Si](c1ccccc1)(c1ccccc1)C(C)(C)C. The number of hydrogen-bond donors (Lipinski definition) is 0. The summed E-state index contributed by atoms with van der Waals surface area (Å²) < 4.78 is 19.0. The van der Waals surface area contributed by atoms with Gasteiger partial charge in [0.2, 0.25) is 5.95 Å². The van der Waals surface area contributed by atoms with E-state index in [4.69, 9.17) is 18.9 Å². The number of carbonyl (C=O) groups is 1. The average Bonchev–Trinajstić information content (AvgIpc) is 3.22. The predicted molar refractivity (Wildman–Crippen MR) is 159 cm³/mol. The van der Waals surface area contributed by atoms with Crippen LogP contribution in [0.2, 0.25) is 5.04 Å². The summed E-state index contributed by atoms with van der Waals surface area (Å²) in [6.45, 7) is 11.6. The molecule has 0 aliphatic carbocycles. The van der Waals surface area contributed by atoms with Crippen molar-refractivity contribution in [1.82, 2.24) is 9.97 Å². The quantitative estimate of drug-likeness (QED) is 0.290. The van der Waals surface area contributed by atoms with Crippen LogP contribution in [0.1, 0.15) is 27.7 Å². The zero-order valence-corrected chi connectivity index (χ0v) is 25.4. The fraction of sp³-hybridized carbons (Fsp3) is 0.414. The molecule has 2 aliphatic rings. The van der Waals surface area contributed by atoms with Crippen molar-refractivity contribution in [2.75, 3.05) is 42.7 Å². The number of morpholine rings is 1. The van der Waals surface area contributed by atoms with Crippen LogP contribution in [0, 0.1) is 0 Å². The summed E-state index contributed by atoms with van der Waals surface area (Å²) in [7, 11) is -2.81. The second-order valence-electron chi connectivity index (χ2n) is 10.9. The standard InChI is InChI=1S/C29H35BrN4O4Si/c1-21-24(34(28(35)38-21)26-19-25(30)31-27(32-26)33-15-17-36-18-16-33)20-37-39(29(2,3)4,22-11-7-5-8-12-22)23-13-9-6-10-14-23/h5-14,19,21,24H,15-18,20H2,1-4H3/t21-,24+/m1/s1. The highest BCUT2D eigenvalue weighted by atomic mass is 79.9. The van der Waals surface area contributed by atoms with E-state index in [1.54, 1.807) is 11.0 Å². The van der Waals surface area contributed by atoms with E-state index in [9.17, 15) is 4.79 Å². The number of nitrogens with zero attached hydrogens (tertiary/aromatic N) is 4. The number of cyclic esters (lactones) is 1. The molecule has 3 aromatic rings. The van der Waals surface area contributed by atoms with Crippen molar-refractivity contribution in [2.45, 2.75) is 44.9 Å². The number of carbonyl (C=O) groups excluding carboxylic acids is 1. The van der Waals surface area contributed by atoms with Gasteiger partial charge in [-0.3, -0.25) is 4.90 Å². The molecule has 0 unspecified atom stereocenters. The van der Waals surface area contributed by atoms with Crippen molar-refractivity contribution >= 4 is 52.5 Å². The predicted octanol–water partition coefficient (Wildman–Crippen LogP) is 4.37. The molecule has 5 rings (SSSR count). The maximum absolute atomic E-state index is 13.2. The molecule has 3 heterocycles. The Morgan fingerprint density at radius 3 is 2.15 bits per heavy atom. The Morgan fingerprint density at radius 1 is 1.00 bits per heavy atom. The van der Waals surface area contributed by atoms with E-state index in [2.05, 4.69) is 95.1 Å². The molecule has 39 heavy (non-hydrogen) atoms. The van der Waals surface area contributed by atoms with Crippen LogP contribution in [0.4, 0.5) is 16.6 Å². The molecule has 0 bridgehead atoms. The van der Waals surface area contributed by atoms with Crippen molar-refractivity contribution < 1.29 is 18.7 Å². The van der Waals surface area contributed by atoms with Gasteiger partial charge in [-0.1, -0.05) is 81.4 Å². The Hall–Kier alpha value is -2.79. The van der Waals surface area contributed by atoms with Crippen LogP contribution in [-0.2, 0) is 13.9 Å². The third-order valence-electron chi connectivity index (χ3n) is 7.45. The van der Waals surface area contributed by atoms with Gasteiger partial charge >= 0.3 is 6.09 Å². The van der Waals surface area contributed by atoms with Gasteiger partial charge in [-0.2, -0.15) is 4.98 Å². The van der Waals surface area contributed by atoms with Crippen LogP contribution in [0.3, 0.4) is 0 Å². The zero-order valence-electron chi connectivity index (χ0n) is 22.8. The van der Waals surface area contributed by atoms with Gasteiger partial charge in [0.15, 0.2) is 0 Å². The van der Waals surface area contributed by atoms with Gasteiger partial charge in [0, 0.05) is 19.2 Å². The lowest BCUT2D eigenvalue weighted by atomic mass is 10.2. The molecule has 2 aromatic carbocycles. The Morgan fingerprint density at radius 2 is 1.59 bits per heavy atom. The summed E-state index contributed by atoms with van der Waals surface area (Å²) >= 11 is 3.53. The third kappa shape index (κ3) is 5.48. The minimum absolute atomic E-state index is 0.186. The normalized spacial score (nSPS) is 20.3. The number of hydrogen-bond acceptors (Lipinski definition) is 7. The molecule has 0 N–H and O–H groups in total. The summed E-state index contributed by atoms with van der Waals surface area (Å²) in [4.78, 5) is 26.3. The number of ether oxygens (including phenoxy) is 2. The third-order valence-corrected chi connectivity index (χ3v) is 12.9. The molecule has 0 spiro atoms. The van der Waals surface area contributed by atoms with Crippen LogP contribution in [0.25, 0.3) is 0 Å². The van der Waals surface area contributed by atoms with E-state index in [-0.39, 0.29) is 17.2 Å². The molecule has 1 amide bonds. The number of amides is 1. The van der Waals surface area contributed by atoms with Crippen LogP contribution in [-0.4, -0.2) is 69.4 Å². The van der Waals surface area contributed by atoms with Crippen molar-refractivity contribution in [1.29, 1.82) is 0 Å². The Balaban J connectivity index is 1.52. The fourth-order valence-corrected chi connectivity index (χ4v) is 10.4. The number of halogens is 1. The molecule has 0 saturated carbocycles. The summed E-state index contributed by atoms with van der Waals surface area (Å²) in [6.07, 6.45) is -0.812. The monoisotopic (exact) mass is 610 g/mol. The summed E-state index contributed by atoms with van der Waals surface area (Å²) in [5, 5.41) is 2.19. The van der Waals surface area contributed by atoms with E-state index in [1.165, 1.54) is 10.4 Å². The highest BCUT2D eigenvalue weighted by Crippen LogP contribution is 2.38. The highest BCUT2D eigenvalue weighted by molar-refractivity contribution is 9.10. The highest BCUT2D eigenvalue weighted by Gasteiger charge is 2.52. The van der Waals surface area contributed by atoms with Crippen LogP contribution in [0.15, 0.2) is 71.3 Å². The van der Waals surface area contributed by atoms with E-state index >= 15 is 0 Å². The number of anilines is 2. The van der Waals surface area contributed by atoms with Crippen LogP contribution < -0.4 is 20.2 Å². The molecule has 2 aliphatic heterocycles. The Labute approximate surface area is 239 Å². The van der Waals surface area contributed by atoms with E-state index < -0.39 is 14.4 Å². The van der Waals surface area contributed by atoms with Gasteiger partial charge in [0.05, 0.1) is 19.8 Å². The zero-order chi connectivity index (χ0) is 27.6. The van der Waals surface area contributed by atoms with Gasteiger partial charge in [-0.05, 0) is 38.3 Å². The molecule has 8 nitrogen and oxygen atoms in total. The molecule has 2 fully saturated rings. The van der Waals surface area contributed by atoms with Gasteiger partial charge in [0.25, 0.3) is 8.32 Å². The second kappa shape index (κ2) is 11.4. The molecule has 1 aromatic heterocycles. The Kier molecular flexibility index (Phi) is 8.09. The lowest BCUT2D eigenvalue weighted by molar-refractivity contribution is 0.122. The lowest BCUT2D eigenvalue weighted by Gasteiger charge is -2.44. The van der Waals surface area contributed by atoms with Gasteiger partial charge in [-0.25, -0.2) is 9.78 Å². The average molecular weight is 612 g/mol. The van der Waals surface area contributed by atoms with E-state index in [0.29, 0.717) is 49.3 Å².